The van der Waals surface area contributed by atoms with Crippen molar-refractivity contribution in [3.05, 3.63) is 65.6 Å². The van der Waals surface area contributed by atoms with Crippen LogP contribution in [-0.4, -0.2) is 21.2 Å². The molecule has 6 nitrogen and oxygen atoms in total. The summed E-state index contributed by atoms with van der Waals surface area (Å²) < 4.78 is 1.89. The van der Waals surface area contributed by atoms with Gasteiger partial charge in [0.15, 0.2) is 0 Å². The van der Waals surface area contributed by atoms with Crippen LogP contribution in [0.5, 0.6) is 0 Å². The Morgan fingerprint density at radius 2 is 1.85 bits per heavy atom. The molecule has 0 bridgehead atoms. The van der Waals surface area contributed by atoms with E-state index in [1.165, 1.54) is 0 Å². The smallest absolute Gasteiger partial charge is 0.271 e. The van der Waals surface area contributed by atoms with E-state index in [0.29, 0.717) is 12.2 Å². The number of aromatic nitrogens is 2. The molecule has 0 unspecified atom stereocenters. The van der Waals surface area contributed by atoms with E-state index in [0.717, 1.165) is 22.6 Å². The SMILES string of the molecule is Cc1cccc2nc(C(=O)NCc3ccc(NC(=O)C(C)C)cc3)cn12. The van der Waals surface area contributed by atoms with Gasteiger partial charge in [-0.15, -0.1) is 0 Å². The monoisotopic (exact) mass is 350 g/mol. The molecule has 2 aromatic heterocycles. The lowest BCUT2D eigenvalue weighted by Gasteiger charge is -2.09. The molecule has 3 rings (SSSR count). The molecule has 134 valence electrons. The molecular formula is C20H22N4O2. The molecule has 0 saturated carbocycles. The van der Waals surface area contributed by atoms with Gasteiger partial charge in [0.1, 0.15) is 11.3 Å². The summed E-state index contributed by atoms with van der Waals surface area (Å²) in [5.74, 6) is -0.304. The van der Waals surface area contributed by atoms with Gasteiger partial charge in [0.05, 0.1) is 0 Å². The first-order valence-electron chi connectivity index (χ1n) is 8.57. The number of carbonyl (C=O) groups excluding carboxylic acids is 2. The van der Waals surface area contributed by atoms with Gasteiger partial charge < -0.3 is 15.0 Å². The van der Waals surface area contributed by atoms with Crippen molar-refractivity contribution < 1.29 is 9.59 Å². The zero-order valence-corrected chi connectivity index (χ0v) is 15.1. The van der Waals surface area contributed by atoms with Crippen LogP contribution in [0.2, 0.25) is 0 Å². The number of fused-ring (bicyclic) bond motifs is 1. The van der Waals surface area contributed by atoms with Crippen molar-refractivity contribution in [2.45, 2.75) is 27.3 Å². The van der Waals surface area contributed by atoms with Crippen molar-refractivity contribution in [1.29, 1.82) is 0 Å². The Hall–Kier alpha value is -3.15. The lowest BCUT2D eigenvalue weighted by atomic mass is 10.1. The predicted octanol–water partition coefficient (Wildman–Crippen LogP) is 3.17. The number of amides is 2. The van der Waals surface area contributed by atoms with E-state index < -0.39 is 0 Å². The Balaban J connectivity index is 1.62. The molecule has 0 spiro atoms. The summed E-state index contributed by atoms with van der Waals surface area (Å²) in [6.45, 7) is 6.06. The highest BCUT2D eigenvalue weighted by atomic mass is 16.2. The molecule has 0 aliphatic rings. The minimum atomic E-state index is -0.217. The van der Waals surface area contributed by atoms with Crippen LogP contribution in [0.1, 0.15) is 35.6 Å². The van der Waals surface area contributed by atoms with Gasteiger partial charge in [0.2, 0.25) is 5.91 Å². The Morgan fingerprint density at radius 3 is 2.50 bits per heavy atom. The first kappa shape index (κ1) is 17.7. The molecule has 0 atom stereocenters. The maximum atomic E-state index is 12.3. The second-order valence-corrected chi connectivity index (χ2v) is 6.55. The third-order valence-electron chi connectivity index (χ3n) is 4.13. The van der Waals surface area contributed by atoms with Gasteiger partial charge in [-0.05, 0) is 36.8 Å². The maximum Gasteiger partial charge on any atom is 0.271 e. The number of anilines is 1. The van der Waals surface area contributed by atoms with Crippen LogP contribution in [0.15, 0.2) is 48.7 Å². The summed E-state index contributed by atoms with van der Waals surface area (Å²) in [7, 11) is 0. The second-order valence-electron chi connectivity index (χ2n) is 6.55. The van der Waals surface area contributed by atoms with Gasteiger partial charge in [0.25, 0.3) is 5.91 Å². The summed E-state index contributed by atoms with van der Waals surface area (Å²) in [4.78, 5) is 28.4. The van der Waals surface area contributed by atoms with Gasteiger partial charge in [-0.3, -0.25) is 9.59 Å². The summed E-state index contributed by atoms with van der Waals surface area (Å²) in [6, 6.07) is 13.2. The van der Waals surface area contributed by atoms with Crippen LogP contribution < -0.4 is 10.6 Å². The summed E-state index contributed by atoms with van der Waals surface area (Å²) in [5.41, 5.74) is 3.85. The van der Waals surface area contributed by atoms with Gasteiger partial charge >= 0.3 is 0 Å². The first-order chi connectivity index (χ1) is 12.4. The zero-order valence-electron chi connectivity index (χ0n) is 15.1. The highest BCUT2D eigenvalue weighted by Gasteiger charge is 2.11. The third-order valence-corrected chi connectivity index (χ3v) is 4.13. The van der Waals surface area contributed by atoms with Gasteiger partial charge in [-0.2, -0.15) is 0 Å². The lowest BCUT2D eigenvalue weighted by Crippen LogP contribution is -2.23. The summed E-state index contributed by atoms with van der Waals surface area (Å²) in [5, 5.41) is 5.71. The van der Waals surface area contributed by atoms with Crippen LogP contribution >= 0.6 is 0 Å². The van der Waals surface area contributed by atoms with Crippen LogP contribution in [0.3, 0.4) is 0 Å². The van der Waals surface area contributed by atoms with E-state index in [1.807, 2.05) is 67.6 Å². The highest BCUT2D eigenvalue weighted by Crippen LogP contribution is 2.12. The topological polar surface area (TPSA) is 75.5 Å². The minimum Gasteiger partial charge on any atom is -0.347 e. The predicted molar refractivity (Wildman–Crippen MR) is 101 cm³/mol. The van der Waals surface area contributed by atoms with Gasteiger partial charge in [-0.1, -0.05) is 32.0 Å². The number of aryl methyl sites for hydroxylation is 1. The number of hydrogen-bond donors (Lipinski definition) is 2. The molecule has 0 aliphatic carbocycles. The number of nitrogens with one attached hydrogen (secondary N) is 2. The van der Waals surface area contributed by atoms with Gasteiger partial charge in [-0.25, -0.2) is 4.98 Å². The minimum absolute atomic E-state index is 0.0202. The fraction of sp³-hybridized carbons (Fsp3) is 0.250. The van der Waals surface area contributed by atoms with Crippen molar-refractivity contribution in [2.24, 2.45) is 5.92 Å². The highest BCUT2D eigenvalue weighted by molar-refractivity contribution is 5.93. The lowest BCUT2D eigenvalue weighted by molar-refractivity contribution is -0.118. The number of rotatable bonds is 5. The van der Waals surface area contributed by atoms with Crippen LogP contribution in [0, 0.1) is 12.8 Å². The van der Waals surface area contributed by atoms with E-state index in [2.05, 4.69) is 15.6 Å². The first-order valence-corrected chi connectivity index (χ1v) is 8.57. The molecule has 0 fully saturated rings. The fourth-order valence-electron chi connectivity index (χ4n) is 2.52. The fourth-order valence-corrected chi connectivity index (χ4v) is 2.52. The average molecular weight is 350 g/mol. The quantitative estimate of drug-likeness (QED) is 0.742. The average Bonchev–Trinajstić information content (AvgIpc) is 3.06. The molecule has 1 aromatic carbocycles. The maximum absolute atomic E-state index is 12.3. The molecule has 3 aromatic rings. The van der Waals surface area contributed by atoms with E-state index in [9.17, 15) is 9.59 Å². The third kappa shape index (κ3) is 3.91. The Morgan fingerprint density at radius 1 is 1.12 bits per heavy atom. The Bertz CT molecular complexity index is 942. The molecule has 2 amide bonds. The Labute approximate surface area is 152 Å². The van der Waals surface area contributed by atoms with Crippen molar-refractivity contribution in [3.63, 3.8) is 0 Å². The largest absolute Gasteiger partial charge is 0.347 e. The van der Waals surface area contributed by atoms with E-state index >= 15 is 0 Å². The van der Waals surface area contributed by atoms with Gasteiger partial charge in [0, 0.05) is 30.0 Å². The van der Waals surface area contributed by atoms with Crippen LogP contribution in [-0.2, 0) is 11.3 Å². The van der Waals surface area contributed by atoms with E-state index in [4.69, 9.17) is 0 Å². The number of hydrogen-bond acceptors (Lipinski definition) is 3. The molecule has 6 heteroatoms. The summed E-state index contributed by atoms with van der Waals surface area (Å²) in [6.07, 6.45) is 1.74. The van der Waals surface area contributed by atoms with Crippen molar-refractivity contribution in [3.8, 4) is 0 Å². The van der Waals surface area contributed by atoms with Crippen LogP contribution in [0.4, 0.5) is 5.69 Å². The number of nitrogens with zero attached hydrogens (tertiary/aromatic N) is 2. The normalized spacial score (nSPS) is 10.9. The second kappa shape index (κ2) is 7.39. The number of pyridine rings is 1. The molecule has 0 radical (unpaired) electrons. The van der Waals surface area contributed by atoms with Crippen molar-refractivity contribution in [1.82, 2.24) is 14.7 Å². The molecular weight excluding hydrogens is 328 g/mol. The molecule has 26 heavy (non-hydrogen) atoms. The molecule has 2 N–H and O–H groups in total. The van der Waals surface area contributed by atoms with E-state index in [-0.39, 0.29) is 17.7 Å². The number of carbonyl (C=O) groups is 2. The molecule has 2 heterocycles. The van der Waals surface area contributed by atoms with Crippen LogP contribution in [0.25, 0.3) is 5.65 Å². The standard InChI is InChI=1S/C20H22N4O2/c1-13(2)19(25)22-16-9-7-15(8-10-16)11-21-20(26)17-12-24-14(3)5-4-6-18(24)23-17/h4-10,12-13H,11H2,1-3H3,(H,21,26)(H,22,25). The molecule has 0 aliphatic heterocycles. The van der Waals surface area contributed by atoms with E-state index in [1.54, 1.807) is 6.20 Å². The van der Waals surface area contributed by atoms with Crippen molar-refractivity contribution in [2.75, 3.05) is 5.32 Å². The summed E-state index contributed by atoms with van der Waals surface area (Å²) >= 11 is 0. The van der Waals surface area contributed by atoms with Crippen molar-refractivity contribution >= 4 is 23.1 Å². The number of benzene rings is 1. The Kier molecular flexibility index (Phi) is 5.02. The molecule has 0 saturated heterocycles. The zero-order chi connectivity index (χ0) is 18.7. The number of imidazole rings is 1.